The number of hydrogen-bond donors (Lipinski definition) is 0. The monoisotopic (exact) mass is 371 g/mol. The van der Waals surface area contributed by atoms with E-state index >= 15 is 0 Å². The van der Waals surface area contributed by atoms with Crippen LogP contribution in [0, 0.1) is 27.7 Å². The number of rotatable bonds is 7. The second kappa shape index (κ2) is 8.66. The van der Waals surface area contributed by atoms with E-state index in [2.05, 4.69) is 4.74 Å². The van der Waals surface area contributed by atoms with Crippen LogP contribution in [-0.2, 0) is 20.8 Å². The van der Waals surface area contributed by atoms with E-state index in [0.717, 1.165) is 22.5 Å². The van der Waals surface area contributed by atoms with Gasteiger partial charge in [0, 0.05) is 23.5 Å². The summed E-state index contributed by atoms with van der Waals surface area (Å²) in [5.74, 6) is -1.09. The molecule has 0 spiro atoms. The van der Waals surface area contributed by atoms with Crippen LogP contribution in [0.4, 0.5) is 0 Å². The minimum Gasteiger partial charge on any atom is -0.469 e. The molecule has 1 heterocycles. The van der Waals surface area contributed by atoms with Gasteiger partial charge in [0.2, 0.25) is 5.78 Å². The summed E-state index contributed by atoms with van der Waals surface area (Å²) in [6, 6.07) is 7.27. The molecule has 0 aliphatic rings. The maximum atomic E-state index is 12.5. The van der Waals surface area contributed by atoms with Gasteiger partial charge in [-0.25, -0.2) is 4.79 Å². The van der Waals surface area contributed by atoms with Crippen LogP contribution >= 0.6 is 0 Å². The molecule has 0 aliphatic heterocycles. The third-order valence-corrected chi connectivity index (χ3v) is 4.59. The highest BCUT2D eigenvalue weighted by molar-refractivity contribution is 6.00. The van der Waals surface area contributed by atoms with Gasteiger partial charge in [-0.3, -0.25) is 9.59 Å². The molecule has 2 rings (SSSR count). The number of hydrogen-bond acceptors (Lipinski definition) is 5. The van der Waals surface area contributed by atoms with E-state index in [4.69, 9.17) is 4.74 Å². The molecule has 0 bridgehead atoms. The standard InChI is InChI=1S/C21H25NO5/c1-13-6-7-14(2)17(10-13)21(25)27-12-19(23)18-11-15(3)22(16(18)4)9-8-20(24)26-5/h6-7,10-11H,8-9,12H2,1-5H3. The summed E-state index contributed by atoms with van der Waals surface area (Å²) in [7, 11) is 1.34. The van der Waals surface area contributed by atoms with Crippen LogP contribution in [0.1, 0.15) is 49.7 Å². The molecule has 6 nitrogen and oxygen atoms in total. The highest BCUT2D eigenvalue weighted by Gasteiger charge is 2.19. The molecular weight excluding hydrogens is 346 g/mol. The Hall–Kier alpha value is -2.89. The van der Waals surface area contributed by atoms with Crippen LogP contribution in [-0.4, -0.2) is 36.0 Å². The fraction of sp³-hybridized carbons (Fsp3) is 0.381. The average molecular weight is 371 g/mol. The van der Waals surface area contributed by atoms with Crippen LogP contribution in [0.2, 0.25) is 0 Å². The second-order valence-electron chi connectivity index (χ2n) is 6.58. The Balaban J connectivity index is 2.07. The predicted molar refractivity (Wildman–Crippen MR) is 101 cm³/mol. The topological polar surface area (TPSA) is 74.6 Å². The summed E-state index contributed by atoms with van der Waals surface area (Å²) >= 11 is 0. The van der Waals surface area contributed by atoms with Gasteiger partial charge >= 0.3 is 11.9 Å². The Kier molecular flexibility index (Phi) is 6.55. The predicted octanol–water partition coefficient (Wildman–Crippen LogP) is 3.32. The van der Waals surface area contributed by atoms with Crippen molar-refractivity contribution in [3.05, 3.63) is 57.9 Å². The summed E-state index contributed by atoms with van der Waals surface area (Å²) in [6.45, 7) is 7.50. The first-order valence-corrected chi connectivity index (χ1v) is 8.75. The Bertz CT molecular complexity index is 879. The number of ketones is 1. The molecule has 1 aromatic carbocycles. The first-order chi connectivity index (χ1) is 12.7. The second-order valence-corrected chi connectivity index (χ2v) is 6.58. The van der Waals surface area contributed by atoms with Crippen LogP contribution < -0.4 is 0 Å². The number of nitrogens with zero attached hydrogens (tertiary/aromatic N) is 1. The number of benzene rings is 1. The van der Waals surface area contributed by atoms with Gasteiger partial charge in [-0.2, -0.15) is 0 Å². The zero-order valence-corrected chi connectivity index (χ0v) is 16.4. The fourth-order valence-corrected chi connectivity index (χ4v) is 2.98. The first kappa shape index (κ1) is 20.4. The zero-order chi connectivity index (χ0) is 20.1. The summed E-state index contributed by atoms with van der Waals surface area (Å²) in [5.41, 5.74) is 4.31. The molecule has 0 saturated heterocycles. The van der Waals surface area contributed by atoms with Crippen LogP contribution in [0.15, 0.2) is 24.3 Å². The lowest BCUT2D eigenvalue weighted by Crippen LogP contribution is -2.16. The van der Waals surface area contributed by atoms with E-state index in [1.54, 1.807) is 12.1 Å². The maximum absolute atomic E-state index is 12.5. The normalized spacial score (nSPS) is 10.6. The molecule has 144 valence electrons. The number of carbonyl (C=O) groups excluding carboxylic acids is 3. The van der Waals surface area contributed by atoms with Gasteiger partial charge in [0.1, 0.15) is 0 Å². The van der Waals surface area contributed by atoms with E-state index in [9.17, 15) is 14.4 Å². The van der Waals surface area contributed by atoms with Crippen molar-refractivity contribution in [1.29, 1.82) is 0 Å². The first-order valence-electron chi connectivity index (χ1n) is 8.75. The van der Waals surface area contributed by atoms with Crippen molar-refractivity contribution in [2.45, 2.75) is 40.7 Å². The van der Waals surface area contributed by atoms with Crippen LogP contribution in [0.5, 0.6) is 0 Å². The number of carbonyl (C=O) groups is 3. The van der Waals surface area contributed by atoms with Gasteiger partial charge in [0.25, 0.3) is 0 Å². The van der Waals surface area contributed by atoms with Gasteiger partial charge in [0.05, 0.1) is 19.1 Å². The summed E-state index contributed by atoms with van der Waals surface area (Å²) in [4.78, 5) is 36.2. The molecule has 27 heavy (non-hydrogen) atoms. The summed E-state index contributed by atoms with van der Waals surface area (Å²) in [6.07, 6.45) is 0.224. The highest BCUT2D eigenvalue weighted by atomic mass is 16.5. The molecule has 0 atom stereocenters. The SMILES string of the molecule is COC(=O)CCn1c(C)cc(C(=O)COC(=O)c2cc(C)ccc2C)c1C. The maximum Gasteiger partial charge on any atom is 0.338 e. The molecular formula is C21H25NO5. The fourth-order valence-electron chi connectivity index (χ4n) is 2.98. The van der Waals surface area contributed by atoms with Crippen molar-refractivity contribution < 1.29 is 23.9 Å². The van der Waals surface area contributed by atoms with Crippen LogP contribution in [0.3, 0.4) is 0 Å². The van der Waals surface area contributed by atoms with E-state index in [-0.39, 0.29) is 24.8 Å². The molecule has 0 N–H and O–H groups in total. The van der Waals surface area contributed by atoms with Gasteiger partial charge in [-0.05, 0) is 45.4 Å². The summed E-state index contributed by atoms with van der Waals surface area (Å²) < 4.78 is 11.8. The molecule has 6 heteroatoms. The van der Waals surface area contributed by atoms with Crippen molar-refractivity contribution in [3.8, 4) is 0 Å². The van der Waals surface area contributed by atoms with Crippen LogP contribution in [0.25, 0.3) is 0 Å². The van der Waals surface area contributed by atoms with Gasteiger partial charge in [-0.1, -0.05) is 17.7 Å². The quantitative estimate of drug-likeness (QED) is 0.551. The number of aryl methyl sites for hydroxylation is 3. The number of aromatic nitrogens is 1. The number of ether oxygens (including phenoxy) is 2. The van der Waals surface area contributed by atoms with Crippen molar-refractivity contribution in [2.24, 2.45) is 0 Å². The smallest absolute Gasteiger partial charge is 0.338 e. The Morgan fingerprint density at radius 3 is 2.37 bits per heavy atom. The van der Waals surface area contributed by atoms with E-state index in [0.29, 0.717) is 17.7 Å². The zero-order valence-electron chi connectivity index (χ0n) is 16.4. The molecule has 0 saturated carbocycles. The lowest BCUT2D eigenvalue weighted by Gasteiger charge is -2.09. The van der Waals surface area contributed by atoms with Gasteiger partial charge < -0.3 is 14.0 Å². The van der Waals surface area contributed by atoms with Crippen molar-refractivity contribution in [3.63, 3.8) is 0 Å². The Labute approximate surface area is 159 Å². The van der Waals surface area contributed by atoms with Gasteiger partial charge in [-0.15, -0.1) is 0 Å². The number of esters is 2. The number of methoxy groups -OCH3 is 1. The van der Waals surface area contributed by atoms with E-state index in [1.807, 2.05) is 44.4 Å². The molecule has 0 unspecified atom stereocenters. The van der Waals surface area contributed by atoms with Gasteiger partial charge in [0.15, 0.2) is 6.61 Å². The Morgan fingerprint density at radius 1 is 1.00 bits per heavy atom. The van der Waals surface area contributed by atoms with Crippen molar-refractivity contribution in [2.75, 3.05) is 13.7 Å². The lowest BCUT2D eigenvalue weighted by molar-refractivity contribution is -0.140. The largest absolute Gasteiger partial charge is 0.469 e. The molecule has 0 aliphatic carbocycles. The van der Waals surface area contributed by atoms with Crippen molar-refractivity contribution >= 4 is 17.7 Å². The average Bonchev–Trinajstić information content (AvgIpc) is 2.93. The molecule has 2 aromatic rings. The summed E-state index contributed by atoms with van der Waals surface area (Å²) in [5, 5.41) is 0. The molecule has 0 radical (unpaired) electrons. The third kappa shape index (κ3) is 4.84. The lowest BCUT2D eigenvalue weighted by atomic mass is 10.1. The molecule has 1 aromatic heterocycles. The Morgan fingerprint density at radius 2 is 1.70 bits per heavy atom. The number of Topliss-reactive ketones (excluding diaryl/α,β-unsaturated/α-hetero) is 1. The highest BCUT2D eigenvalue weighted by Crippen LogP contribution is 2.17. The van der Waals surface area contributed by atoms with E-state index < -0.39 is 5.97 Å². The molecule has 0 fully saturated rings. The van der Waals surface area contributed by atoms with Crippen molar-refractivity contribution in [1.82, 2.24) is 4.57 Å². The van der Waals surface area contributed by atoms with E-state index in [1.165, 1.54) is 7.11 Å². The minimum absolute atomic E-state index is 0.224. The minimum atomic E-state index is -0.510. The third-order valence-electron chi connectivity index (χ3n) is 4.59. The molecule has 0 amide bonds.